The van der Waals surface area contributed by atoms with Crippen LogP contribution in [0.4, 0.5) is 8.78 Å². The minimum absolute atomic E-state index is 0.0233. The Morgan fingerprint density at radius 3 is 2.59 bits per heavy atom. The standard InChI is InChI=1S/C23H22F2N6O/c1-11-6-14(7-19(32-11)15-9-26-27-10-15)22-30-20(17-5-4-16(24)8-18(17)25)21-23(31-22)29-13(3)12(2)28-21/h4-5,8-11,14,19H,6-7H2,1-3H3,(H,26,27)/t11-,14?,19-/m1/s1. The van der Waals surface area contributed by atoms with E-state index in [1.807, 2.05) is 27.0 Å². The second kappa shape index (κ2) is 7.98. The lowest BCUT2D eigenvalue weighted by molar-refractivity contribution is -0.0511. The summed E-state index contributed by atoms with van der Waals surface area (Å²) in [6, 6.07) is 3.45. The van der Waals surface area contributed by atoms with Gasteiger partial charge in [-0.15, -0.1) is 0 Å². The Labute approximate surface area is 183 Å². The number of rotatable bonds is 3. The van der Waals surface area contributed by atoms with E-state index in [1.54, 1.807) is 6.20 Å². The SMILES string of the molecule is Cc1nc2nc(C3C[C@@H](C)O[C@@H](c4cn[nH]c4)C3)nc(-c3ccc(F)cc3F)c2nc1C. The van der Waals surface area contributed by atoms with Crippen molar-refractivity contribution >= 4 is 11.2 Å². The zero-order valence-electron chi connectivity index (χ0n) is 17.9. The monoisotopic (exact) mass is 436 g/mol. The molecule has 0 bridgehead atoms. The van der Waals surface area contributed by atoms with Crippen molar-refractivity contribution in [2.45, 2.75) is 51.7 Å². The second-order valence-corrected chi connectivity index (χ2v) is 8.26. The Bertz CT molecular complexity index is 1290. The fourth-order valence-corrected chi connectivity index (χ4v) is 4.19. The first kappa shape index (κ1) is 20.6. The number of fused-ring (bicyclic) bond motifs is 1. The van der Waals surface area contributed by atoms with E-state index in [0.717, 1.165) is 17.3 Å². The van der Waals surface area contributed by atoms with Gasteiger partial charge in [0.1, 0.15) is 28.7 Å². The average molecular weight is 436 g/mol. The Morgan fingerprint density at radius 2 is 1.84 bits per heavy atom. The van der Waals surface area contributed by atoms with Crippen molar-refractivity contribution in [2.75, 3.05) is 0 Å². The number of halogens is 2. The van der Waals surface area contributed by atoms with Crippen LogP contribution < -0.4 is 0 Å². The molecular formula is C23H22F2N6O. The van der Waals surface area contributed by atoms with Crippen molar-refractivity contribution in [2.24, 2.45) is 0 Å². The first-order chi connectivity index (χ1) is 15.4. The molecular weight excluding hydrogens is 414 g/mol. The quantitative estimate of drug-likeness (QED) is 0.499. The molecule has 1 aliphatic rings. The van der Waals surface area contributed by atoms with Crippen LogP contribution in [0.2, 0.25) is 0 Å². The number of aryl methyl sites for hydroxylation is 2. The molecule has 1 saturated heterocycles. The molecule has 3 aromatic heterocycles. The third-order valence-electron chi connectivity index (χ3n) is 5.91. The number of hydrogen-bond donors (Lipinski definition) is 1. The first-order valence-corrected chi connectivity index (χ1v) is 10.5. The van der Waals surface area contributed by atoms with Crippen LogP contribution >= 0.6 is 0 Å². The summed E-state index contributed by atoms with van der Waals surface area (Å²) in [7, 11) is 0. The summed E-state index contributed by atoms with van der Waals surface area (Å²) in [5.74, 6) is -0.831. The van der Waals surface area contributed by atoms with Gasteiger partial charge in [-0.1, -0.05) is 0 Å². The van der Waals surface area contributed by atoms with E-state index in [1.165, 1.54) is 12.1 Å². The van der Waals surface area contributed by atoms with Gasteiger partial charge in [-0.25, -0.2) is 28.7 Å². The minimum Gasteiger partial charge on any atom is -0.370 e. The third kappa shape index (κ3) is 3.73. The molecule has 0 amide bonds. The number of aromatic amines is 1. The normalized spacial score (nSPS) is 21.2. The van der Waals surface area contributed by atoms with Gasteiger partial charge in [0, 0.05) is 29.3 Å². The van der Waals surface area contributed by atoms with E-state index in [2.05, 4.69) is 20.2 Å². The maximum absolute atomic E-state index is 14.7. The number of aromatic nitrogens is 6. The molecule has 1 aliphatic heterocycles. The molecule has 5 rings (SSSR count). The number of ether oxygens (including phenoxy) is 1. The highest BCUT2D eigenvalue weighted by Crippen LogP contribution is 2.40. The molecule has 1 N–H and O–H groups in total. The smallest absolute Gasteiger partial charge is 0.182 e. The minimum atomic E-state index is -0.701. The van der Waals surface area contributed by atoms with Crippen LogP contribution in [-0.4, -0.2) is 36.2 Å². The number of hydrogen-bond acceptors (Lipinski definition) is 6. The summed E-state index contributed by atoms with van der Waals surface area (Å²) < 4.78 is 34.4. The van der Waals surface area contributed by atoms with Gasteiger partial charge < -0.3 is 4.74 Å². The van der Waals surface area contributed by atoms with E-state index in [0.29, 0.717) is 41.2 Å². The van der Waals surface area contributed by atoms with E-state index >= 15 is 0 Å². The largest absolute Gasteiger partial charge is 0.370 e. The van der Waals surface area contributed by atoms with Gasteiger partial charge in [-0.2, -0.15) is 5.10 Å². The lowest BCUT2D eigenvalue weighted by Gasteiger charge is -2.33. The Kier molecular flexibility index (Phi) is 5.13. The zero-order valence-corrected chi connectivity index (χ0v) is 17.9. The van der Waals surface area contributed by atoms with Gasteiger partial charge >= 0.3 is 0 Å². The van der Waals surface area contributed by atoms with Crippen LogP contribution in [-0.2, 0) is 4.74 Å². The molecule has 0 radical (unpaired) electrons. The number of nitrogens with zero attached hydrogens (tertiary/aromatic N) is 5. The average Bonchev–Trinajstić information content (AvgIpc) is 3.29. The molecule has 0 aliphatic carbocycles. The van der Waals surface area contributed by atoms with Crippen molar-refractivity contribution in [3.63, 3.8) is 0 Å². The molecule has 1 unspecified atom stereocenters. The molecule has 1 fully saturated rings. The topological polar surface area (TPSA) is 89.5 Å². The fraction of sp³-hybridized carbons (Fsp3) is 0.348. The fourth-order valence-electron chi connectivity index (χ4n) is 4.19. The lowest BCUT2D eigenvalue weighted by atomic mass is 9.89. The highest BCUT2D eigenvalue weighted by molar-refractivity contribution is 5.87. The van der Waals surface area contributed by atoms with Crippen molar-refractivity contribution in [1.29, 1.82) is 0 Å². The van der Waals surface area contributed by atoms with E-state index in [-0.39, 0.29) is 23.7 Å². The highest BCUT2D eigenvalue weighted by Gasteiger charge is 2.32. The molecule has 4 heterocycles. The highest BCUT2D eigenvalue weighted by atomic mass is 19.1. The Morgan fingerprint density at radius 1 is 1.03 bits per heavy atom. The predicted octanol–water partition coefficient (Wildman–Crippen LogP) is 4.73. The second-order valence-electron chi connectivity index (χ2n) is 8.26. The van der Waals surface area contributed by atoms with Crippen LogP contribution in [0.5, 0.6) is 0 Å². The first-order valence-electron chi connectivity index (χ1n) is 10.5. The summed E-state index contributed by atoms with van der Waals surface area (Å²) in [4.78, 5) is 18.7. The van der Waals surface area contributed by atoms with Crippen LogP contribution in [0.3, 0.4) is 0 Å². The van der Waals surface area contributed by atoms with Crippen LogP contribution in [0.1, 0.15) is 54.6 Å². The third-order valence-corrected chi connectivity index (χ3v) is 5.91. The van der Waals surface area contributed by atoms with Crippen LogP contribution in [0, 0.1) is 25.5 Å². The van der Waals surface area contributed by atoms with Crippen molar-refractivity contribution < 1.29 is 13.5 Å². The van der Waals surface area contributed by atoms with Gasteiger partial charge in [0.05, 0.1) is 29.8 Å². The van der Waals surface area contributed by atoms with E-state index < -0.39 is 11.6 Å². The summed E-state index contributed by atoms with van der Waals surface area (Å²) in [6.45, 7) is 5.69. The molecule has 0 spiro atoms. The molecule has 1 aromatic carbocycles. The summed E-state index contributed by atoms with van der Waals surface area (Å²) in [5, 5.41) is 6.84. The van der Waals surface area contributed by atoms with Gasteiger partial charge in [0.25, 0.3) is 0 Å². The van der Waals surface area contributed by atoms with Crippen molar-refractivity contribution in [3.05, 3.63) is 65.0 Å². The van der Waals surface area contributed by atoms with Gasteiger partial charge in [-0.05, 0) is 45.7 Å². The van der Waals surface area contributed by atoms with Crippen LogP contribution in [0.25, 0.3) is 22.4 Å². The Balaban J connectivity index is 1.66. The van der Waals surface area contributed by atoms with Gasteiger partial charge in [0.15, 0.2) is 5.65 Å². The molecule has 7 nitrogen and oxygen atoms in total. The molecule has 4 aromatic rings. The molecule has 9 heteroatoms. The van der Waals surface area contributed by atoms with E-state index in [4.69, 9.17) is 14.7 Å². The number of H-pyrrole nitrogens is 1. The van der Waals surface area contributed by atoms with Gasteiger partial charge in [0.2, 0.25) is 0 Å². The van der Waals surface area contributed by atoms with Gasteiger partial charge in [-0.3, -0.25) is 5.10 Å². The van der Waals surface area contributed by atoms with Crippen LogP contribution in [0.15, 0.2) is 30.6 Å². The number of nitrogens with one attached hydrogen (secondary N) is 1. The molecule has 0 saturated carbocycles. The lowest BCUT2D eigenvalue weighted by Crippen LogP contribution is -2.26. The predicted molar refractivity (Wildman–Crippen MR) is 114 cm³/mol. The Hall–Kier alpha value is -3.33. The number of benzene rings is 1. The summed E-state index contributed by atoms with van der Waals surface area (Å²) in [6.07, 6.45) is 4.75. The zero-order chi connectivity index (χ0) is 22.4. The van der Waals surface area contributed by atoms with Crippen molar-refractivity contribution in [3.8, 4) is 11.3 Å². The van der Waals surface area contributed by atoms with E-state index in [9.17, 15) is 8.78 Å². The summed E-state index contributed by atoms with van der Waals surface area (Å²) in [5.41, 5.74) is 3.69. The molecule has 3 atom stereocenters. The van der Waals surface area contributed by atoms with Crippen molar-refractivity contribution in [1.82, 2.24) is 30.1 Å². The molecule has 164 valence electrons. The molecule has 32 heavy (non-hydrogen) atoms. The summed E-state index contributed by atoms with van der Waals surface area (Å²) >= 11 is 0. The maximum Gasteiger partial charge on any atom is 0.182 e. The maximum atomic E-state index is 14.7.